The second-order valence-electron chi connectivity index (χ2n) is 5.34. The molecule has 0 aromatic rings. The number of methoxy groups -OCH3 is 1. The highest BCUT2D eigenvalue weighted by molar-refractivity contribution is 5.89. The van der Waals surface area contributed by atoms with Crippen LogP contribution in [-0.2, 0) is 14.3 Å². The first-order chi connectivity index (χ1) is 9.88. The third-order valence-electron chi connectivity index (χ3n) is 2.92. The summed E-state index contributed by atoms with van der Waals surface area (Å²) in [6, 6.07) is 0. The van der Waals surface area contributed by atoms with E-state index in [0.717, 1.165) is 6.42 Å². The maximum Gasteiger partial charge on any atom is 0.406 e. The Morgan fingerprint density at radius 3 is 2.41 bits per heavy atom. The number of allylic oxidation sites excluding steroid dienone is 1. The monoisotopic (exact) mass is 320 g/mol. The van der Waals surface area contributed by atoms with Crippen LogP contribution in [0.15, 0.2) is 12.7 Å². The van der Waals surface area contributed by atoms with E-state index >= 15 is 0 Å². The number of carbonyl (C=O) groups excluding carboxylic acids is 3. The van der Waals surface area contributed by atoms with E-state index in [0.29, 0.717) is 18.9 Å². The van der Waals surface area contributed by atoms with Crippen molar-refractivity contribution >= 4 is 17.8 Å². The van der Waals surface area contributed by atoms with Crippen LogP contribution in [0.1, 0.15) is 44.8 Å². The fourth-order valence-corrected chi connectivity index (χ4v) is 1.97. The van der Waals surface area contributed by atoms with Crippen LogP contribution in [-0.4, -0.2) is 38.0 Å². The standard InChI is InChI=1S/C15H26N2O4.CH4.3H2/c1-5-13(18)9-12(8-11(2)3)10-17-14(19)6-7-16-15(20)21-4;;;;/h5,11-12H,1,6-10H2,2-4H3,(H,16,20)(H,17,19);1H4;3*1H/t12-;;;;/m0..../s1. The molecule has 6 heteroatoms. The number of hydrogen-bond acceptors (Lipinski definition) is 4. The van der Waals surface area contributed by atoms with Crippen molar-refractivity contribution < 1.29 is 23.4 Å². The van der Waals surface area contributed by atoms with Crippen LogP contribution >= 0.6 is 0 Å². The lowest BCUT2D eigenvalue weighted by Gasteiger charge is -2.18. The average Bonchev–Trinajstić information content (AvgIpc) is 2.43. The smallest absolute Gasteiger partial charge is 0.406 e. The van der Waals surface area contributed by atoms with Gasteiger partial charge in [-0.05, 0) is 24.3 Å². The van der Waals surface area contributed by atoms with Crippen molar-refractivity contribution in [1.29, 1.82) is 0 Å². The number of carbonyl (C=O) groups is 3. The fourth-order valence-electron chi connectivity index (χ4n) is 1.97. The molecule has 2 N–H and O–H groups in total. The van der Waals surface area contributed by atoms with Crippen LogP contribution in [0, 0.1) is 11.8 Å². The highest BCUT2D eigenvalue weighted by Crippen LogP contribution is 2.15. The van der Waals surface area contributed by atoms with Crippen LogP contribution in [0.2, 0.25) is 0 Å². The molecule has 0 rings (SSSR count). The average molecular weight is 320 g/mol. The zero-order valence-electron chi connectivity index (χ0n) is 13.1. The van der Waals surface area contributed by atoms with E-state index in [4.69, 9.17) is 0 Å². The van der Waals surface area contributed by atoms with Crippen LogP contribution in [0.5, 0.6) is 0 Å². The first-order valence-electron chi connectivity index (χ1n) is 7.12. The van der Waals surface area contributed by atoms with Crippen molar-refractivity contribution in [2.45, 2.75) is 40.5 Å². The first kappa shape index (κ1) is 22.4. The minimum Gasteiger partial charge on any atom is -0.453 e. The highest BCUT2D eigenvalue weighted by atomic mass is 16.5. The molecule has 22 heavy (non-hydrogen) atoms. The molecule has 0 aliphatic heterocycles. The van der Waals surface area contributed by atoms with Gasteiger partial charge in [0.05, 0.1) is 7.11 Å². The molecule has 2 amide bonds. The van der Waals surface area contributed by atoms with E-state index < -0.39 is 6.09 Å². The van der Waals surface area contributed by atoms with E-state index in [-0.39, 0.29) is 42.3 Å². The van der Waals surface area contributed by atoms with Gasteiger partial charge in [-0.2, -0.15) is 0 Å². The van der Waals surface area contributed by atoms with Crippen molar-refractivity contribution in [3.63, 3.8) is 0 Å². The van der Waals surface area contributed by atoms with Crippen LogP contribution < -0.4 is 10.6 Å². The SMILES string of the molecule is C.C=CC(=O)C[C@@H](CNC(=O)CCNC(=O)OC)CC(C)C.[HH].[HH].[HH]. The van der Waals surface area contributed by atoms with Crippen molar-refractivity contribution in [2.24, 2.45) is 11.8 Å². The van der Waals surface area contributed by atoms with Crippen LogP contribution in [0.25, 0.3) is 0 Å². The maximum atomic E-state index is 11.7. The number of ether oxygens (including phenoxy) is 1. The van der Waals surface area contributed by atoms with E-state index in [2.05, 4.69) is 35.8 Å². The van der Waals surface area contributed by atoms with Gasteiger partial charge in [0.25, 0.3) is 0 Å². The molecule has 6 nitrogen and oxygen atoms in total. The lowest BCUT2D eigenvalue weighted by molar-refractivity contribution is -0.121. The predicted octanol–water partition coefficient (Wildman–Crippen LogP) is 3.03. The third kappa shape index (κ3) is 11.9. The topological polar surface area (TPSA) is 84.5 Å². The molecule has 0 aromatic carbocycles. The zero-order chi connectivity index (χ0) is 16.3. The minimum absolute atomic E-state index is 0. The highest BCUT2D eigenvalue weighted by Gasteiger charge is 2.15. The Bertz CT molecular complexity index is 380. The molecule has 134 valence electrons. The van der Waals surface area contributed by atoms with E-state index in [9.17, 15) is 14.4 Å². The van der Waals surface area contributed by atoms with Gasteiger partial charge in [0.1, 0.15) is 0 Å². The number of nitrogens with one attached hydrogen (secondary N) is 2. The largest absolute Gasteiger partial charge is 0.453 e. The van der Waals surface area contributed by atoms with Gasteiger partial charge in [-0.15, -0.1) is 0 Å². The Kier molecular flexibility index (Phi) is 13.1. The summed E-state index contributed by atoms with van der Waals surface area (Å²) in [7, 11) is 1.27. The van der Waals surface area contributed by atoms with Gasteiger partial charge in [0, 0.05) is 30.2 Å². The lowest BCUT2D eigenvalue weighted by Crippen LogP contribution is -2.34. The summed E-state index contributed by atoms with van der Waals surface area (Å²) in [4.78, 5) is 33.9. The molecule has 0 saturated carbocycles. The van der Waals surface area contributed by atoms with E-state index in [1.54, 1.807) is 0 Å². The number of amides is 2. The molecular weight excluding hydrogens is 284 g/mol. The Morgan fingerprint density at radius 1 is 1.27 bits per heavy atom. The molecule has 0 fully saturated rings. The van der Waals surface area contributed by atoms with E-state index in [1.165, 1.54) is 13.2 Å². The quantitative estimate of drug-likeness (QED) is 0.606. The normalized spacial score (nSPS) is 11.1. The molecule has 1 atom stereocenters. The summed E-state index contributed by atoms with van der Waals surface area (Å²) in [5.41, 5.74) is 0. The van der Waals surface area contributed by atoms with Crippen LogP contribution in [0.3, 0.4) is 0 Å². The Morgan fingerprint density at radius 2 is 1.91 bits per heavy atom. The molecule has 0 bridgehead atoms. The summed E-state index contributed by atoms with van der Waals surface area (Å²) in [6.07, 6.45) is 2.19. The number of alkyl carbamates (subject to hydrolysis) is 1. The molecule has 0 radical (unpaired) electrons. The summed E-state index contributed by atoms with van der Waals surface area (Å²) in [5, 5.41) is 5.23. The summed E-state index contributed by atoms with van der Waals surface area (Å²) < 4.78 is 4.40. The van der Waals surface area contributed by atoms with Gasteiger partial charge in [-0.1, -0.05) is 27.9 Å². The van der Waals surface area contributed by atoms with E-state index in [1.807, 2.05) is 0 Å². The van der Waals surface area contributed by atoms with Gasteiger partial charge in [-0.25, -0.2) is 4.79 Å². The van der Waals surface area contributed by atoms with Crippen molar-refractivity contribution in [2.75, 3.05) is 20.2 Å². The van der Waals surface area contributed by atoms with Gasteiger partial charge < -0.3 is 15.4 Å². The molecule has 0 heterocycles. The predicted molar refractivity (Wildman–Crippen MR) is 93.9 cm³/mol. The molecule has 0 unspecified atom stereocenters. The van der Waals surface area contributed by atoms with Crippen molar-refractivity contribution in [3.8, 4) is 0 Å². The third-order valence-corrected chi connectivity index (χ3v) is 2.92. The molecule has 0 aliphatic carbocycles. The summed E-state index contributed by atoms with van der Waals surface area (Å²) in [5.74, 6) is 0.381. The molecule has 0 spiro atoms. The lowest BCUT2D eigenvalue weighted by atomic mass is 9.92. The van der Waals surface area contributed by atoms with Crippen molar-refractivity contribution in [1.82, 2.24) is 10.6 Å². The summed E-state index contributed by atoms with van der Waals surface area (Å²) >= 11 is 0. The first-order valence-corrected chi connectivity index (χ1v) is 7.12. The zero-order valence-corrected chi connectivity index (χ0v) is 13.1. The Balaban J connectivity index is -0.000000333. The van der Waals surface area contributed by atoms with Gasteiger partial charge in [-0.3, -0.25) is 9.59 Å². The fraction of sp³-hybridized carbons (Fsp3) is 0.688. The minimum atomic E-state index is -0.558. The maximum absolute atomic E-state index is 11.7. The molecular formula is C16H36N2O4. The second kappa shape index (κ2) is 12.9. The van der Waals surface area contributed by atoms with Crippen molar-refractivity contribution in [3.05, 3.63) is 12.7 Å². The molecule has 0 aliphatic rings. The van der Waals surface area contributed by atoms with Gasteiger partial charge in [0.2, 0.25) is 5.91 Å². The number of rotatable bonds is 10. The second-order valence-corrected chi connectivity index (χ2v) is 5.34. The van der Waals surface area contributed by atoms with Gasteiger partial charge in [0.15, 0.2) is 5.78 Å². The Hall–Kier alpha value is -1.85. The van der Waals surface area contributed by atoms with Crippen LogP contribution in [0.4, 0.5) is 4.79 Å². The summed E-state index contributed by atoms with van der Waals surface area (Å²) in [6.45, 7) is 8.29. The number of ketones is 1. The molecule has 0 aromatic heterocycles. The Labute approximate surface area is 138 Å². The molecule has 0 saturated heterocycles. The van der Waals surface area contributed by atoms with Gasteiger partial charge >= 0.3 is 6.09 Å². The number of hydrogen-bond donors (Lipinski definition) is 2.